The second kappa shape index (κ2) is 8.76. The molecule has 0 aliphatic rings. The normalized spacial score (nSPS) is 10.8. The summed E-state index contributed by atoms with van der Waals surface area (Å²) in [5.74, 6) is -0.907. The van der Waals surface area contributed by atoms with Crippen molar-refractivity contribution in [2.45, 2.75) is 27.2 Å². The average molecular weight is 230 g/mol. The van der Waals surface area contributed by atoms with Crippen molar-refractivity contribution in [2.75, 3.05) is 19.8 Å². The highest BCUT2D eigenvalue weighted by atomic mass is 16.6. The summed E-state index contributed by atoms with van der Waals surface area (Å²) in [4.78, 5) is 22.4. The lowest BCUT2D eigenvalue weighted by Crippen LogP contribution is -2.12. The summed E-state index contributed by atoms with van der Waals surface area (Å²) in [5.41, 5.74) is 0. The van der Waals surface area contributed by atoms with Crippen LogP contribution in [0.2, 0.25) is 0 Å². The summed E-state index contributed by atoms with van der Waals surface area (Å²) in [6.45, 7) is 6.09. The Kier molecular flexibility index (Phi) is 7.93. The summed E-state index contributed by atoms with van der Waals surface area (Å²) >= 11 is 0. The largest absolute Gasteiger partial charge is 0.487 e. The molecule has 0 bridgehead atoms. The molecule has 0 rings (SSSR count). The van der Waals surface area contributed by atoms with Crippen molar-refractivity contribution < 1.29 is 23.8 Å². The van der Waals surface area contributed by atoms with Gasteiger partial charge in [-0.05, 0) is 26.8 Å². The maximum absolute atomic E-state index is 11.3. The molecule has 0 spiro atoms. The molecule has 16 heavy (non-hydrogen) atoms. The molecule has 0 heterocycles. The highest BCUT2D eigenvalue weighted by molar-refractivity contribution is 5.87. The maximum Gasteiger partial charge on any atom is 0.373 e. The Morgan fingerprint density at radius 1 is 0.938 bits per heavy atom. The minimum Gasteiger partial charge on any atom is -0.487 e. The van der Waals surface area contributed by atoms with E-state index in [-0.39, 0.29) is 18.8 Å². The molecule has 5 nitrogen and oxygen atoms in total. The molecule has 0 aromatic heterocycles. The molecule has 0 aliphatic heterocycles. The zero-order valence-electron chi connectivity index (χ0n) is 9.95. The van der Waals surface area contributed by atoms with E-state index in [1.807, 2.05) is 0 Å². The van der Waals surface area contributed by atoms with Gasteiger partial charge in [0.05, 0.1) is 26.2 Å². The molecule has 0 N–H and O–H groups in total. The van der Waals surface area contributed by atoms with E-state index in [4.69, 9.17) is 14.2 Å². The van der Waals surface area contributed by atoms with E-state index in [2.05, 4.69) is 0 Å². The molecule has 0 fully saturated rings. The number of carbonyl (C=O) groups is 2. The summed E-state index contributed by atoms with van der Waals surface area (Å²) in [6, 6.07) is 0. The van der Waals surface area contributed by atoms with Crippen molar-refractivity contribution >= 4 is 11.9 Å². The van der Waals surface area contributed by atoms with E-state index in [1.165, 1.54) is 6.08 Å². The van der Waals surface area contributed by atoms with Crippen LogP contribution in [0.4, 0.5) is 0 Å². The Balaban J connectivity index is 4.33. The monoisotopic (exact) mass is 230 g/mol. The smallest absolute Gasteiger partial charge is 0.373 e. The lowest BCUT2D eigenvalue weighted by molar-refractivity contribution is -0.142. The predicted molar refractivity (Wildman–Crippen MR) is 57.6 cm³/mol. The van der Waals surface area contributed by atoms with Crippen molar-refractivity contribution in [1.29, 1.82) is 0 Å². The van der Waals surface area contributed by atoms with Gasteiger partial charge in [0.15, 0.2) is 0 Å². The van der Waals surface area contributed by atoms with Crippen LogP contribution < -0.4 is 0 Å². The fraction of sp³-hybridized carbons (Fsp3) is 0.636. The third-order valence-electron chi connectivity index (χ3n) is 1.54. The van der Waals surface area contributed by atoms with E-state index in [1.54, 1.807) is 20.8 Å². The fourth-order valence-electron chi connectivity index (χ4n) is 0.955. The maximum atomic E-state index is 11.3. The van der Waals surface area contributed by atoms with Crippen LogP contribution in [0.25, 0.3) is 0 Å². The molecule has 0 aliphatic carbocycles. The molecule has 5 heteroatoms. The van der Waals surface area contributed by atoms with E-state index >= 15 is 0 Å². The first-order chi connectivity index (χ1) is 7.65. The van der Waals surface area contributed by atoms with Gasteiger partial charge in [-0.1, -0.05) is 0 Å². The van der Waals surface area contributed by atoms with Crippen LogP contribution in [0.5, 0.6) is 0 Å². The highest BCUT2D eigenvalue weighted by Crippen LogP contribution is 2.03. The Bertz CT molecular complexity index is 257. The molecule has 0 amide bonds. The van der Waals surface area contributed by atoms with Crippen LogP contribution in [0.3, 0.4) is 0 Å². The van der Waals surface area contributed by atoms with Crippen molar-refractivity contribution in [2.24, 2.45) is 0 Å². The van der Waals surface area contributed by atoms with Crippen LogP contribution in [-0.4, -0.2) is 31.8 Å². The Hall–Kier alpha value is -1.52. The van der Waals surface area contributed by atoms with Gasteiger partial charge in [-0.2, -0.15) is 0 Å². The third-order valence-corrected chi connectivity index (χ3v) is 1.54. The minimum atomic E-state index is -0.561. The summed E-state index contributed by atoms with van der Waals surface area (Å²) in [6.07, 6.45) is 1.38. The lowest BCUT2D eigenvalue weighted by Gasteiger charge is -2.07. The number of esters is 2. The molecule has 92 valence electrons. The zero-order chi connectivity index (χ0) is 12.4. The number of hydrogen-bond donors (Lipinski definition) is 0. The number of rotatable bonds is 7. The first kappa shape index (κ1) is 14.5. The number of carbonyl (C=O) groups excluding carboxylic acids is 2. The van der Waals surface area contributed by atoms with Gasteiger partial charge in [0.1, 0.15) is 0 Å². The standard InChI is InChI=1S/C11H18O5/c1-4-14-9(11(13)16-6-3)7-8-10(12)15-5-2/h7H,4-6,8H2,1-3H3/b9-7-. The van der Waals surface area contributed by atoms with E-state index in [0.717, 1.165) is 0 Å². The van der Waals surface area contributed by atoms with Crippen LogP contribution >= 0.6 is 0 Å². The van der Waals surface area contributed by atoms with Crippen LogP contribution in [-0.2, 0) is 23.8 Å². The van der Waals surface area contributed by atoms with Gasteiger partial charge in [-0.15, -0.1) is 0 Å². The van der Waals surface area contributed by atoms with Gasteiger partial charge < -0.3 is 14.2 Å². The van der Waals surface area contributed by atoms with Crippen LogP contribution in [0.1, 0.15) is 27.2 Å². The Labute approximate surface area is 95.4 Å². The highest BCUT2D eigenvalue weighted by Gasteiger charge is 2.12. The van der Waals surface area contributed by atoms with Crippen molar-refractivity contribution in [3.63, 3.8) is 0 Å². The molecular weight excluding hydrogens is 212 g/mol. The topological polar surface area (TPSA) is 61.8 Å². The second-order valence-electron chi connectivity index (χ2n) is 2.73. The molecule has 0 radical (unpaired) electrons. The van der Waals surface area contributed by atoms with Gasteiger partial charge in [0.25, 0.3) is 0 Å². The number of ether oxygens (including phenoxy) is 3. The summed E-state index contributed by atoms with van der Waals surface area (Å²) in [7, 11) is 0. The zero-order valence-corrected chi connectivity index (χ0v) is 9.95. The second-order valence-corrected chi connectivity index (χ2v) is 2.73. The van der Waals surface area contributed by atoms with E-state index in [0.29, 0.717) is 13.2 Å². The SMILES string of the molecule is CCOC(=O)C/C=C(\OCC)C(=O)OCC. The minimum absolute atomic E-state index is 0.00197. The van der Waals surface area contributed by atoms with E-state index in [9.17, 15) is 9.59 Å². The molecular formula is C11H18O5. The first-order valence-corrected chi connectivity index (χ1v) is 5.31. The third kappa shape index (κ3) is 6.06. The predicted octanol–water partition coefficient (Wildman–Crippen LogP) is 1.42. The quantitative estimate of drug-likeness (QED) is 0.376. The Morgan fingerprint density at radius 3 is 2.00 bits per heavy atom. The Morgan fingerprint density at radius 2 is 1.50 bits per heavy atom. The lowest BCUT2D eigenvalue weighted by atomic mass is 10.3. The van der Waals surface area contributed by atoms with Gasteiger partial charge in [-0.25, -0.2) is 4.79 Å². The van der Waals surface area contributed by atoms with Crippen molar-refractivity contribution in [3.05, 3.63) is 11.8 Å². The van der Waals surface area contributed by atoms with Gasteiger partial charge in [0, 0.05) is 0 Å². The van der Waals surface area contributed by atoms with Gasteiger partial charge in [0.2, 0.25) is 5.76 Å². The molecule has 0 saturated carbocycles. The molecule has 0 aromatic carbocycles. The molecule has 0 unspecified atom stereocenters. The average Bonchev–Trinajstić information content (AvgIpc) is 2.24. The van der Waals surface area contributed by atoms with Crippen LogP contribution in [0.15, 0.2) is 11.8 Å². The van der Waals surface area contributed by atoms with Gasteiger partial charge >= 0.3 is 11.9 Å². The molecule has 0 aromatic rings. The van der Waals surface area contributed by atoms with Crippen molar-refractivity contribution in [1.82, 2.24) is 0 Å². The summed E-state index contributed by atoms with van der Waals surface area (Å²) in [5, 5.41) is 0. The summed E-state index contributed by atoms with van der Waals surface area (Å²) < 4.78 is 14.5. The fourth-order valence-corrected chi connectivity index (χ4v) is 0.955. The van der Waals surface area contributed by atoms with Crippen LogP contribution in [0, 0.1) is 0 Å². The van der Waals surface area contributed by atoms with E-state index < -0.39 is 11.9 Å². The first-order valence-electron chi connectivity index (χ1n) is 5.31. The van der Waals surface area contributed by atoms with Crippen molar-refractivity contribution in [3.8, 4) is 0 Å². The number of hydrogen-bond acceptors (Lipinski definition) is 5. The molecule has 0 saturated heterocycles. The molecule has 0 atom stereocenters. The van der Waals surface area contributed by atoms with Gasteiger partial charge in [-0.3, -0.25) is 4.79 Å².